The lowest BCUT2D eigenvalue weighted by atomic mass is 9.91. The van der Waals surface area contributed by atoms with E-state index < -0.39 is 74.4 Å². The quantitative estimate of drug-likeness (QED) is 0.0820. The zero-order valence-corrected chi connectivity index (χ0v) is 30.8. The maximum atomic E-state index is 14.1. The fourth-order valence-electron chi connectivity index (χ4n) is 5.49. The molecule has 2 heterocycles. The van der Waals surface area contributed by atoms with Crippen molar-refractivity contribution in [3.63, 3.8) is 0 Å². The highest BCUT2D eigenvalue weighted by molar-refractivity contribution is 6.04. The van der Waals surface area contributed by atoms with Crippen molar-refractivity contribution >= 4 is 23.9 Å². The third-order valence-corrected chi connectivity index (χ3v) is 8.14. The average molecular weight is 769 g/mol. The van der Waals surface area contributed by atoms with Crippen LogP contribution in [0.2, 0.25) is 0 Å². The number of hydrogen-bond donors (Lipinski definition) is 0. The van der Waals surface area contributed by atoms with Crippen molar-refractivity contribution < 1.29 is 76.0 Å². The number of rotatable bonds is 20. The second-order valence-electron chi connectivity index (χ2n) is 11.8. The van der Waals surface area contributed by atoms with Crippen molar-refractivity contribution in [2.75, 3.05) is 94.0 Å². The maximum absolute atomic E-state index is 14.1. The van der Waals surface area contributed by atoms with Gasteiger partial charge in [0.1, 0.15) is 25.9 Å². The Labute approximate surface area is 318 Å². The van der Waals surface area contributed by atoms with Gasteiger partial charge >= 0.3 is 23.9 Å². The topological polar surface area (TPSA) is 179 Å². The minimum atomic E-state index is -1.56. The second-order valence-corrected chi connectivity index (χ2v) is 11.8. The van der Waals surface area contributed by atoms with Crippen LogP contribution in [0.5, 0.6) is 0 Å². The van der Waals surface area contributed by atoms with E-state index in [4.69, 9.17) is 69.7 Å². The molecule has 2 aromatic rings. The number of terminal acetylenes is 2. The van der Waals surface area contributed by atoms with Crippen molar-refractivity contribution in [3.05, 3.63) is 58.7 Å². The fourth-order valence-corrected chi connectivity index (χ4v) is 5.49. The predicted molar refractivity (Wildman–Crippen MR) is 190 cm³/mol. The highest BCUT2D eigenvalue weighted by atomic mass is 16.7. The Hall–Kier alpha value is -4.88. The summed E-state index contributed by atoms with van der Waals surface area (Å²) >= 11 is 0. The molecule has 0 amide bonds. The molecule has 1 fully saturated rings. The van der Waals surface area contributed by atoms with Gasteiger partial charge in [-0.3, -0.25) is 0 Å². The van der Waals surface area contributed by atoms with Crippen molar-refractivity contribution in [2.45, 2.75) is 30.7 Å². The standard InChI is InChI=1S/C39H44O16/c1-6-25-8-10-27-29(20-25)30-21-26(7-2)9-11-28(30)38(43)55-36-35(54-37(27)42)34(53-33(41)24-50-19-17-48-15-13-45-4)31(52-39(36)46-5)22-51-32(40)23-49-18-16-47-14-12-44-3/h1-2,8-11,20-21,31,34-36,39H,12-19,22-24H2,3-5H3/t31-,34-,35+,36-,39+/m1/s1. The Kier molecular flexibility index (Phi) is 17.5. The zero-order valence-electron chi connectivity index (χ0n) is 30.8. The summed E-state index contributed by atoms with van der Waals surface area (Å²) in [5, 5.41) is 0. The molecule has 0 radical (unpaired) electrons. The van der Waals surface area contributed by atoms with Gasteiger partial charge in [0.25, 0.3) is 0 Å². The van der Waals surface area contributed by atoms with E-state index >= 15 is 0 Å². The lowest BCUT2D eigenvalue weighted by Crippen LogP contribution is -2.63. The second kappa shape index (κ2) is 22.5. The fraction of sp³-hybridized carbons (Fsp3) is 0.487. The molecule has 2 aromatic carbocycles. The molecule has 16 heteroatoms. The summed E-state index contributed by atoms with van der Waals surface area (Å²) in [4.78, 5) is 54.0. The van der Waals surface area contributed by atoms with Gasteiger partial charge in [-0.2, -0.15) is 0 Å². The minimum absolute atomic E-state index is 0.0107. The number of hydrogen-bond acceptors (Lipinski definition) is 16. The van der Waals surface area contributed by atoms with Crippen LogP contribution < -0.4 is 0 Å². The summed E-state index contributed by atoms with van der Waals surface area (Å²) in [6.45, 7) is 0.500. The zero-order chi connectivity index (χ0) is 39.6. The highest BCUT2D eigenvalue weighted by Gasteiger charge is 2.53. The number of carbonyl (C=O) groups excluding carboxylic acids is 4. The average Bonchev–Trinajstić information content (AvgIpc) is 3.19. The number of methoxy groups -OCH3 is 3. The summed E-state index contributed by atoms with van der Waals surface area (Å²) in [5.74, 6) is 1.58. The van der Waals surface area contributed by atoms with Crippen molar-refractivity contribution in [1.82, 2.24) is 0 Å². The molecular formula is C39H44O16. The number of esters is 4. The van der Waals surface area contributed by atoms with Crippen molar-refractivity contribution in [1.29, 1.82) is 0 Å². The van der Waals surface area contributed by atoms with Crippen LogP contribution in [0.25, 0.3) is 11.1 Å². The lowest BCUT2D eigenvalue weighted by Gasteiger charge is -2.44. The van der Waals surface area contributed by atoms with Crippen LogP contribution in [-0.2, 0) is 66.4 Å². The summed E-state index contributed by atoms with van der Waals surface area (Å²) in [5.41, 5.74) is 1.36. The lowest BCUT2D eigenvalue weighted by molar-refractivity contribution is -0.296. The first-order valence-electron chi connectivity index (χ1n) is 17.2. The Morgan fingerprint density at radius 1 is 0.655 bits per heavy atom. The predicted octanol–water partition coefficient (Wildman–Crippen LogP) is 1.57. The molecular weight excluding hydrogens is 724 g/mol. The Morgan fingerprint density at radius 2 is 1.15 bits per heavy atom. The van der Waals surface area contributed by atoms with E-state index in [0.29, 0.717) is 37.6 Å². The van der Waals surface area contributed by atoms with E-state index in [-0.39, 0.29) is 48.7 Å². The Bertz CT molecular complexity index is 1690. The van der Waals surface area contributed by atoms with Crippen molar-refractivity contribution in [2.24, 2.45) is 0 Å². The van der Waals surface area contributed by atoms with E-state index in [2.05, 4.69) is 11.8 Å². The van der Waals surface area contributed by atoms with Gasteiger partial charge in [-0.1, -0.05) is 11.8 Å². The molecule has 2 aliphatic rings. The van der Waals surface area contributed by atoms with E-state index in [9.17, 15) is 19.2 Å². The third-order valence-electron chi connectivity index (χ3n) is 8.14. The first-order chi connectivity index (χ1) is 26.7. The van der Waals surface area contributed by atoms with Crippen LogP contribution in [0, 0.1) is 24.7 Å². The summed E-state index contributed by atoms with van der Waals surface area (Å²) in [6.07, 6.45) is 4.04. The molecule has 296 valence electrons. The first kappa shape index (κ1) is 42.9. The summed E-state index contributed by atoms with van der Waals surface area (Å²) in [7, 11) is 4.35. The van der Waals surface area contributed by atoms with E-state index in [1.807, 2.05) is 0 Å². The van der Waals surface area contributed by atoms with Crippen LogP contribution >= 0.6 is 0 Å². The molecule has 16 nitrogen and oxygen atoms in total. The van der Waals surface area contributed by atoms with Crippen LogP contribution in [-0.4, -0.2) is 149 Å². The molecule has 0 N–H and O–H groups in total. The van der Waals surface area contributed by atoms with Gasteiger partial charge in [0.05, 0.1) is 64.0 Å². The van der Waals surface area contributed by atoms with E-state index in [0.717, 1.165) is 0 Å². The molecule has 0 bridgehead atoms. The van der Waals surface area contributed by atoms with Crippen LogP contribution in [0.4, 0.5) is 0 Å². The van der Waals surface area contributed by atoms with Gasteiger partial charge < -0.3 is 56.8 Å². The molecule has 0 aliphatic carbocycles. The Balaban J connectivity index is 1.63. The van der Waals surface area contributed by atoms with Crippen LogP contribution in [0.1, 0.15) is 31.8 Å². The molecule has 1 saturated heterocycles. The molecule has 0 unspecified atom stereocenters. The normalized spacial score (nSPS) is 20.3. The van der Waals surface area contributed by atoms with Crippen LogP contribution in [0.15, 0.2) is 36.4 Å². The molecule has 5 atom stereocenters. The van der Waals surface area contributed by atoms with Crippen molar-refractivity contribution in [3.8, 4) is 35.8 Å². The number of ether oxygens (including phenoxy) is 12. The Morgan fingerprint density at radius 3 is 1.65 bits per heavy atom. The van der Waals surface area contributed by atoms with Gasteiger partial charge in [-0.25, -0.2) is 19.2 Å². The number of carbonyl (C=O) groups is 4. The van der Waals surface area contributed by atoms with Crippen LogP contribution in [0.3, 0.4) is 0 Å². The first-order valence-corrected chi connectivity index (χ1v) is 17.2. The minimum Gasteiger partial charge on any atom is -0.461 e. The number of benzene rings is 2. The molecule has 0 spiro atoms. The summed E-state index contributed by atoms with van der Waals surface area (Å²) in [6, 6.07) is 9.04. The monoisotopic (exact) mass is 768 g/mol. The van der Waals surface area contributed by atoms with Gasteiger partial charge in [0.15, 0.2) is 24.6 Å². The molecule has 0 saturated carbocycles. The largest absolute Gasteiger partial charge is 0.461 e. The van der Waals surface area contributed by atoms with E-state index in [1.165, 1.54) is 44.6 Å². The van der Waals surface area contributed by atoms with E-state index in [1.54, 1.807) is 13.2 Å². The van der Waals surface area contributed by atoms with Gasteiger partial charge in [0.2, 0.25) is 0 Å². The molecule has 4 rings (SSSR count). The third kappa shape index (κ3) is 12.3. The molecule has 55 heavy (non-hydrogen) atoms. The van der Waals surface area contributed by atoms with Gasteiger partial charge in [0, 0.05) is 32.5 Å². The van der Waals surface area contributed by atoms with Gasteiger partial charge in [-0.05, 0) is 47.5 Å². The molecule has 2 aliphatic heterocycles. The highest BCUT2D eigenvalue weighted by Crippen LogP contribution is 2.36. The smallest absolute Gasteiger partial charge is 0.339 e. The van der Waals surface area contributed by atoms with Gasteiger partial charge in [-0.15, -0.1) is 12.8 Å². The summed E-state index contributed by atoms with van der Waals surface area (Å²) < 4.78 is 66.0. The maximum Gasteiger partial charge on any atom is 0.339 e. The molecule has 0 aromatic heterocycles. The number of fused-ring (bicyclic) bond motifs is 4. The SMILES string of the molecule is C#Cc1ccc2c(c1)-c1cc(C#C)ccc1C(=O)O[C@H]1[C@@H](OC)O[C@H](COC(=O)COCCOCCOC)[C@@H](OC(=O)COCCOCCOC)[C@@H]1OC2=O.